The summed E-state index contributed by atoms with van der Waals surface area (Å²) >= 11 is 0. The van der Waals surface area contributed by atoms with Gasteiger partial charge in [0.05, 0.1) is 11.1 Å². The minimum Gasteiger partial charge on any atom is -0.455 e. The lowest BCUT2D eigenvalue weighted by Crippen LogP contribution is -2.19. The monoisotopic (exact) mass is 342 g/mol. The molecule has 126 valence electrons. The van der Waals surface area contributed by atoms with Gasteiger partial charge in [-0.2, -0.15) is 5.10 Å². The van der Waals surface area contributed by atoms with Gasteiger partial charge in [-0.1, -0.05) is 12.1 Å². The van der Waals surface area contributed by atoms with Crippen LogP contribution in [0.1, 0.15) is 16.2 Å². The molecule has 0 aliphatic rings. The molecular weight excluding hydrogens is 332 g/mol. The minimum atomic E-state index is -0.694. The van der Waals surface area contributed by atoms with Gasteiger partial charge >= 0.3 is 0 Å². The van der Waals surface area contributed by atoms with Crippen molar-refractivity contribution in [2.75, 3.05) is 5.73 Å². The lowest BCUT2D eigenvalue weighted by atomic mass is 10.1. The summed E-state index contributed by atoms with van der Waals surface area (Å²) in [5.41, 5.74) is 7.87. The van der Waals surface area contributed by atoms with Crippen molar-refractivity contribution in [1.29, 1.82) is 0 Å². The van der Waals surface area contributed by atoms with E-state index in [0.29, 0.717) is 17.1 Å². The standard InChI is InChI=1S/C14H10N6O5/c15-13-12(18-25-19-13)14(21)17-16-7-10-4-5-11(24-10)8-2-1-3-9(6-8)20(22)23/h1-7H,(H2,15,19)(H,17,21)/b16-7+. The molecule has 0 saturated heterocycles. The number of benzene rings is 1. The second kappa shape index (κ2) is 6.62. The van der Waals surface area contributed by atoms with E-state index in [1.54, 1.807) is 24.3 Å². The number of carbonyl (C=O) groups is 1. The van der Waals surface area contributed by atoms with E-state index >= 15 is 0 Å². The van der Waals surface area contributed by atoms with Crippen LogP contribution in [-0.4, -0.2) is 27.4 Å². The van der Waals surface area contributed by atoms with E-state index < -0.39 is 10.8 Å². The first-order chi connectivity index (χ1) is 12.0. The fourth-order valence-corrected chi connectivity index (χ4v) is 1.91. The number of nitrogen functional groups attached to an aromatic ring is 1. The molecule has 3 N–H and O–H groups in total. The van der Waals surface area contributed by atoms with E-state index in [1.807, 2.05) is 0 Å². The largest absolute Gasteiger partial charge is 0.455 e. The molecule has 1 amide bonds. The van der Waals surface area contributed by atoms with Crippen LogP contribution in [0.15, 0.2) is 50.5 Å². The van der Waals surface area contributed by atoms with Crippen molar-refractivity contribution in [3.8, 4) is 11.3 Å². The van der Waals surface area contributed by atoms with Gasteiger partial charge in [0, 0.05) is 17.7 Å². The van der Waals surface area contributed by atoms with Gasteiger partial charge in [-0.15, -0.1) is 0 Å². The number of anilines is 1. The number of nitro groups is 1. The molecule has 11 heteroatoms. The first kappa shape index (κ1) is 15.9. The zero-order valence-electron chi connectivity index (χ0n) is 12.4. The van der Waals surface area contributed by atoms with Crippen LogP contribution in [0.25, 0.3) is 11.3 Å². The fraction of sp³-hybridized carbons (Fsp3) is 0. The van der Waals surface area contributed by atoms with Crippen LogP contribution < -0.4 is 11.2 Å². The highest BCUT2D eigenvalue weighted by molar-refractivity contribution is 5.96. The Labute approximate surface area is 139 Å². The number of amides is 1. The predicted octanol–water partition coefficient (Wildman–Crippen LogP) is 1.58. The summed E-state index contributed by atoms with van der Waals surface area (Å²) in [4.78, 5) is 22.0. The SMILES string of the molecule is Nc1nonc1C(=O)N/N=C/c1ccc(-c2cccc([N+](=O)[O-])c2)o1. The first-order valence-electron chi connectivity index (χ1n) is 6.80. The Bertz CT molecular complexity index is 960. The van der Waals surface area contributed by atoms with E-state index in [1.165, 1.54) is 18.3 Å². The normalized spacial score (nSPS) is 10.9. The summed E-state index contributed by atoms with van der Waals surface area (Å²) in [7, 11) is 0. The van der Waals surface area contributed by atoms with Crippen molar-refractivity contribution >= 4 is 23.6 Å². The molecule has 25 heavy (non-hydrogen) atoms. The number of aromatic nitrogens is 2. The average molecular weight is 342 g/mol. The van der Waals surface area contributed by atoms with Crippen LogP contribution in [0.5, 0.6) is 0 Å². The molecule has 0 saturated carbocycles. The number of nitrogens with zero attached hydrogens (tertiary/aromatic N) is 4. The van der Waals surface area contributed by atoms with Crippen LogP contribution >= 0.6 is 0 Å². The third-order valence-corrected chi connectivity index (χ3v) is 3.06. The van der Waals surface area contributed by atoms with E-state index in [4.69, 9.17) is 10.2 Å². The number of carbonyl (C=O) groups excluding carboxylic acids is 1. The molecule has 0 radical (unpaired) electrons. The van der Waals surface area contributed by atoms with Gasteiger partial charge in [0.1, 0.15) is 11.5 Å². The second-order valence-corrected chi connectivity index (χ2v) is 4.71. The van der Waals surface area contributed by atoms with Gasteiger partial charge < -0.3 is 10.2 Å². The number of rotatable bonds is 5. The molecule has 0 aliphatic heterocycles. The van der Waals surface area contributed by atoms with Crippen LogP contribution in [-0.2, 0) is 0 Å². The van der Waals surface area contributed by atoms with E-state index in [9.17, 15) is 14.9 Å². The maximum atomic E-state index is 11.7. The van der Waals surface area contributed by atoms with Crippen molar-refractivity contribution in [2.24, 2.45) is 5.10 Å². The van der Waals surface area contributed by atoms with E-state index in [2.05, 4.69) is 25.5 Å². The van der Waals surface area contributed by atoms with E-state index in [0.717, 1.165) is 0 Å². The van der Waals surface area contributed by atoms with Crippen LogP contribution in [0.3, 0.4) is 0 Å². The quantitative estimate of drug-likeness (QED) is 0.401. The van der Waals surface area contributed by atoms with Crippen molar-refractivity contribution < 1.29 is 18.8 Å². The molecule has 0 spiro atoms. The Balaban J connectivity index is 1.69. The number of furan rings is 1. The van der Waals surface area contributed by atoms with Gasteiger partial charge in [0.2, 0.25) is 11.5 Å². The summed E-state index contributed by atoms with van der Waals surface area (Å²) in [6.07, 6.45) is 1.25. The summed E-state index contributed by atoms with van der Waals surface area (Å²) in [5, 5.41) is 21.1. The van der Waals surface area contributed by atoms with Crippen molar-refractivity contribution in [2.45, 2.75) is 0 Å². The molecule has 0 atom stereocenters. The first-order valence-corrected chi connectivity index (χ1v) is 6.80. The maximum Gasteiger partial charge on any atom is 0.297 e. The van der Waals surface area contributed by atoms with Gasteiger partial charge in [-0.05, 0) is 22.4 Å². The number of hydrogen-bond acceptors (Lipinski definition) is 9. The summed E-state index contributed by atoms with van der Waals surface area (Å²) in [6, 6.07) is 9.23. The third-order valence-electron chi connectivity index (χ3n) is 3.06. The summed E-state index contributed by atoms with van der Waals surface area (Å²) in [6.45, 7) is 0. The molecule has 3 rings (SSSR count). The number of non-ortho nitro benzene ring substituents is 1. The second-order valence-electron chi connectivity index (χ2n) is 4.71. The fourth-order valence-electron chi connectivity index (χ4n) is 1.91. The molecule has 0 aliphatic carbocycles. The molecule has 0 unspecified atom stereocenters. The maximum absolute atomic E-state index is 11.7. The topological polar surface area (TPSA) is 163 Å². The molecule has 1 aromatic carbocycles. The highest BCUT2D eigenvalue weighted by atomic mass is 16.6. The number of nitro benzene ring substituents is 1. The Kier molecular flexibility index (Phi) is 4.20. The van der Waals surface area contributed by atoms with Gasteiger partial charge in [0.15, 0.2) is 0 Å². The number of nitrogens with one attached hydrogen (secondary N) is 1. The summed E-state index contributed by atoms with van der Waals surface area (Å²) < 4.78 is 9.81. The number of hydrogen-bond donors (Lipinski definition) is 2. The summed E-state index contributed by atoms with van der Waals surface area (Å²) in [5.74, 6) is -0.103. The Hall–Kier alpha value is -4.02. The van der Waals surface area contributed by atoms with Crippen molar-refractivity contribution in [1.82, 2.24) is 15.7 Å². The Morgan fingerprint density at radius 3 is 2.88 bits per heavy atom. The third kappa shape index (κ3) is 3.50. The molecule has 2 heterocycles. The highest BCUT2D eigenvalue weighted by Crippen LogP contribution is 2.25. The van der Waals surface area contributed by atoms with Crippen LogP contribution in [0.2, 0.25) is 0 Å². The molecule has 0 fully saturated rings. The molecular formula is C14H10N6O5. The smallest absolute Gasteiger partial charge is 0.297 e. The van der Waals surface area contributed by atoms with Gasteiger partial charge in [-0.25, -0.2) is 10.1 Å². The Morgan fingerprint density at radius 1 is 1.32 bits per heavy atom. The zero-order valence-corrected chi connectivity index (χ0v) is 12.4. The van der Waals surface area contributed by atoms with Crippen LogP contribution in [0.4, 0.5) is 11.5 Å². The molecule has 3 aromatic rings. The predicted molar refractivity (Wildman–Crippen MR) is 84.6 cm³/mol. The van der Waals surface area contributed by atoms with Crippen molar-refractivity contribution in [3.63, 3.8) is 0 Å². The minimum absolute atomic E-state index is 0.0461. The van der Waals surface area contributed by atoms with Crippen molar-refractivity contribution in [3.05, 3.63) is 58.0 Å². The van der Waals surface area contributed by atoms with Gasteiger partial charge in [-0.3, -0.25) is 14.9 Å². The lowest BCUT2D eigenvalue weighted by Gasteiger charge is -1.97. The Morgan fingerprint density at radius 2 is 2.16 bits per heavy atom. The zero-order chi connectivity index (χ0) is 17.8. The molecule has 2 aromatic heterocycles. The van der Waals surface area contributed by atoms with Crippen LogP contribution in [0, 0.1) is 10.1 Å². The number of nitrogens with two attached hydrogens (primary N) is 1. The van der Waals surface area contributed by atoms with E-state index in [-0.39, 0.29) is 17.2 Å². The lowest BCUT2D eigenvalue weighted by molar-refractivity contribution is -0.384. The average Bonchev–Trinajstić information content (AvgIpc) is 3.24. The highest BCUT2D eigenvalue weighted by Gasteiger charge is 2.15. The molecule has 11 nitrogen and oxygen atoms in total. The van der Waals surface area contributed by atoms with Gasteiger partial charge in [0.25, 0.3) is 11.6 Å². The molecule has 0 bridgehead atoms. The number of hydrazone groups is 1.